The lowest BCUT2D eigenvalue weighted by molar-refractivity contribution is 1.15. The summed E-state index contributed by atoms with van der Waals surface area (Å²) in [5.41, 5.74) is 15.3. The molecular weight excluding hydrogens is 689 g/mol. The van der Waals surface area contributed by atoms with E-state index in [9.17, 15) is 0 Å². The number of nitrogens with zero attached hydrogens (tertiary/aromatic N) is 2. The molecule has 0 spiro atoms. The van der Waals surface area contributed by atoms with Gasteiger partial charge in [-0.2, -0.15) is 0 Å². The number of aromatic nitrogens is 2. The van der Waals surface area contributed by atoms with E-state index >= 15 is 0 Å². The van der Waals surface area contributed by atoms with Crippen molar-refractivity contribution in [2.24, 2.45) is 0 Å². The van der Waals surface area contributed by atoms with Crippen LogP contribution in [0.25, 0.3) is 110 Å². The molecule has 57 heavy (non-hydrogen) atoms. The average Bonchev–Trinajstić information content (AvgIpc) is 3.94. The van der Waals surface area contributed by atoms with Crippen molar-refractivity contribution in [1.29, 1.82) is 0 Å². The van der Waals surface area contributed by atoms with E-state index in [4.69, 9.17) is 0 Å². The standard InChI is InChI=1S/C55H34N2/c1-2-13-36(14-3-1)56-52-23-10-8-19-45(52)47-29-30-48-46-20-9-11-24-53(46)57(55(48)54(47)56)37-27-25-35-32-50-38(21-12-22-43(50)49(35)33-37)34-26-28-44-41-17-5-4-15-39(41)40-16-6-7-18-42(40)51(44)31-34/h1-31,33H,32H2. The predicted molar refractivity (Wildman–Crippen MR) is 241 cm³/mol. The Hall–Kier alpha value is -7.42. The van der Waals surface area contributed by atoms with Gasteiger partial charge in [0.25, 0.3) is 0 Å². The molecule has 0 amide bonds. The molecule has 0 atom stereocenters. The number of hydrogen-bond acceptors (Lipinski definition) is 0. The summed E-state index contributed by atoms with van der Waals surface area (Å²) in [6, 6.07) is 72.1. The Balaban J connectivity index is 1.04. The molecule has 0 aliphatic heterocycles. The Bertz CT molecular complexity index is 3620. The van der Waals surface area contributed by atoms with Gasteiger partial charge in [-0.05, 0) is 115 Å². The molecule has 0 saturated heterocycles. The van der Waals surface area contributed by atoms with Gasteiger partial charge in [0.05, 0.1) is 22.1 Å². The van der Waals surface area contributed by atoms with Crippen LogP contribution in [0.15, 0.2) is 194 Å². The van der Waals surface area contributed by atoms with Crippen LogP contribution in [0, 0.1) is 0 Å². The van der Waals surface area contributed by atoms with Crippen LogP contribution >= 0.6 is 0 Å². The van der Waals surface area contributed by atoms with E-state index in [1.54, 1.807) is 0 Å². The van der Waals surface area contributed by atoms with Crippen LogP contribution in [0.2, 0.25) is 0 Å². The van der Waals surface area contributed by atoms with Gasteiger partial charge in [0.2, 0.25) is 0 Å². The summed E-state index contributed by atoms with van der Waals surface area (Å²) >= 11 is 0. The van der Waals surface area contributed by atoms with Crippen LogP contribution < -0.4 is 0 Å². The summed E-state index contributed by atoms with van der Waals surface area (Å²) in [5, 5.41) is 12.9. The van der Waals surface area contributed by atoms with Crippen molar-refractivity contribution in [3.63, 3.8) is 0 Å². The van der Waals surface area contributed by atoms with Crippen molar-refractivity contribution < 1.29 is 0 Å². The van der Waals surface area contributed by atoms with Crippen molar-refractivity contribution in [1.82, 2.24) is 9.13 Å². The third-order valence-corrected chi connectivity index (χ3v) is 12.7. The van der Waals surface area contributed by atoms with Crippen molar-refractivity contribution in [3.05, 3.63) is 205 Å². The first-order chi connectivity index (χ1) is 28.3. The summed E-state index contributed by atoms with van der Waals surface area (Å²) in [7, 11) is 0. The molecule has 1 aliphatic rings. The molecule has 0 unspecified atom stereocenters. The first-order valence-electron chi connectivity index (χ1n) is 19.9. The van der Waals surface area contributed by atoms with Crippen LogP contribution in [0.5, 0.6) is 0 Å². The molecule has 0 radical (unpaired) electrons. The van der Waals surface area contributed by atoms with Gasteiger partial charge in [-0.25, -0.2) is 0 Å². The van der Waals surface area contributed by atoms with Crippen LogP contribution in [0.3, 0.4) is 0 Å². The highest BCUT2D eigenvalue weighted by Gasteiger charge is 2.25. The van der Waals surface area contributed by atoms with E-state index in [1.165, 1.54) is 121 Å². The summed E-state index contributed by atoms with van der Waals surface area (Å²) in [6.07, 6.45) is 0.914. The molecule has 10 aromatic carbocycles. The quantitative estimate of drug-likeness (QED) is 0.161. The Morgan fingerprint density at radius 1 is 0.298 bits per heavy atom. The Morgan fingerprint density at radius 2 is 0.807 bits per heavy atom. The molecule has 0 fully saturated rings. The number of rotatable bonds is 3. The van der Waals surface area contributed by atoms with Crippen LogP contribution in [0.1, 0.15) is 11.1 Å². The molecule has 264 valence electrons. The maximum absolute atomic E-state index is 2.52. The van der Waals surface area contributed by atoms with E-state index in [-0.39, 0.29) is 0 Å². The molecule has 0 saturated carbocycles. The first kappa shape index (κ1) is 30.9. The van der Waals surface area contributed by atoms with Gasteiger partial charge < -0.3 is 9.13 Å². The SMILES string of the molecule is c1ccc(-n2c3ccccc3c3ccc4c5ccccc5n(-c5ccc6c(c5)-c5cccc(-c7ccc8c9ccccc9c9ccccc9c8c7)c5C6)c4c32)cc1. The van der Waals surface area contributed by atoms with E-state index in [2.05, 4.69) is 203 Å². The maximum Gasteiger partial charge on any atom is 0.0788 e. The minimum absolute atomic E-state index is 0.914. The Labute approximate surface area is 329 Å². The highest BCUT2D eigenvalue weighted by atomic mass is 15.0. The fourth-order valence-corrected chi connectivity index (χ4v) is 10.3. The van der Waals surface area contributed by atoms with Gasteiger partial charge in [0.15, 0.2) is 0 Å². The summed E-state index contributed by atoms with van der Waals surface area (Å²) in [5.74, 6) is 0. The normalized spacial score (nSPS) is 12.5. The lowest BCUT2D eigenvalue weighted by atomic mass is 9.90. The fourth-order valence-electron chi connectivity index (χ4n) is 10.3. The van der Waals surface area contributed by atoms with Crippen molar-refractivity contribution in [2.75, 3.05) is 0 Å². The van der Waals surface area contributed by atoms with Crippen LogP contribution in [-0.4, -0.2) is 9.13 Å². The van der Waals surface area contributed by atoms with Crippen molar-refractivity contribution in [2.45, 2.75) is 6.42 Å². The molecule has 1 aliphatic carbocycles. The number of para-hydroxylation sites is 3. The van der Waals surface area contributed by atoms with Gasteiger partial charge in [-0.15, -0.1) is 0 Å². The molecular formula is C55H34N2. The second-order valence-corrected chi connectivity index (χ2v) is 15.6. The van der Waals surface area contributed by atoms with Gasteiger partial charge in [-0.1, -0.05) is 152 Å². The fraction of sp³-hybridized carbons (Fsp3) is 0.0182. The lowest BCUT2D eigenvalue weighted by Crippen LogP contribution is -1.99. The van der Waals surface area contributed by atoms with E-state index in [0.717, 1.165) is 6.42 Å². The largest absolute Gasteiger partial charge is 0.307 e. The molecule has 0 N–H and O–H groups in total. The zero-order chi connectivity index (χ0) is 37.2. The zero-order valence-electron chi connectivity index (χ0n) is 31.1. The molecule has 2 nitrogen and oxygen atoms in total. The molecule has 2 aromatic heterocycles. The third-order valence-electron chi connectivity index (χ3n) is 12.7. The van der Waals surface area contributed by atoms with Gasteiger partial charge >= 0.3 is 0 Å². The van der Waals surface area contributed by atoms with Gasteiger partial charge in [0.1, 0.15) is 0 Å². The highest BCUT2D eigenvalue weighted by molar-refractivity contribution is 6.26. The van der Waals surface area contributed by atoms with Gasteiger partial charge in [0, 0.05) is 32.9 Å². The second-order valence-electron chi connectivity index (χ2n) is 15.6. The summed E-state index contributed by atoms with van der Waals surface area (Å²) in [6.45, 7) is 0. The zero-order valence-corrected chi connectivity index (χ0v) is 31.1. The number of hydrogen-bond donors (Lipinski definition) is 0. The van der Waals surface area contributed by atoms with Crippen molar-refractivity contribution in [3.8, 4) is 33.6 Å². The predicted octanol–water partition coefficient (Wildman–Crippen LogP) is 14.6. The Morgan fingerprint density at radius 3 is 1.46 bits per heavy atom. The van der Waals surface area contributed by atoms with Gasteiger partial charge in [-0.3, -0.25) is 0 Å². The van der Waals surface area contributed by atoms with E-state index in [0.29, 0.717) is 0 Å². The molecule has 2 heteroatoms. The van der Waals surface area contributed by atoms with E-state index in [1.807, 2.05) is 0 Å². The summed E-state index contributed by atoms with van der Waals surface area (Å²) in [4.78, 5) is 0. The Kier molecular flexibility index (Phi) is 6.25. The first-order valence-corrected chi connectivity index (χ1v) is 19.9. The van der Waals surface area contributed by atoms with Crippen LogP contribution in [-0.2, 0) is 6.42 Å². The average molecular weight is 723 g/mol. The monoisotopic (exact) mass is 722 g/mol. The van der Waals surface area contributed by atoms with Crippen molar-refractivity contribution >= 4 is 75.9 Å². The minimum Gasteiger partial charge on any atom is -0.307 e. The summed E-state index contributed by atoms with van der Waals surface area (Å²) < 4.78 is 4.99. The molecule has 2 heterocycles. The topological polar surface area (TPSA) is 9.86 Å². The smallest absolute Gasteiger partial charge is 0.0788 e. The number of fused-ring (bicyclic) bond motifs is 16. The molecule has 0 bridgehead atoms. The highest BCUT2D eigenvalue weighted by Crippen LogP contribution is 2.46. The molecule has 12 aromatic rings. The molecule has 13 rings (SSSR count). The van der Waals surface area contributed by atoms with Crippen LogP contribution in [0.4, 0.5) is 0 Å². The lowest BCUT2D eigenvalue weighted by Gasteiger charge is -2.14. The third kappa shape index (κ3) is 4.24. The minimum atomic E-state index is 0.914. The number of benzene rings is 10. The second kappa shape index (κ2) is 11.6. The maximum atomic E-state index is 2.52. The van der Waals surface area contributed by atoms with E-state index < -0.39 is 0 Å².